The second-order valence-corrected chi connectivity index (χ2v) is 30.9. The highest BCUT2D eigenvalue weighted by Gasteiger charge is 2.51. The zero-order chi connectivity index (χ0) is 36.6. The van der Waals surface area contributed by atoms with Crippen molar-refractivity contribution in [2.45, 2.75) is 133 Å². The van der Waals surface area contributed by atoms with E-state index in [2.05, 4.69) is 59.3 Å². The molecular weight excluding hydrogens is 709 g/mol. The fraction of sp³-hybridized carbons (Fsp3) is 0.926. The summed E-state index contributed by atoms with van der Waals surface area (Å²) in [5.74, 6) is 0. The van der Waals surface area contributed by atoms with Crippen molar-refractivity contribution in [3.05, 3.63) is 12.3 Å². The molecule has 0 atom stereocenters. The summed E-state index contributed by atoms with van der Waals surface area (Å²) in [6, 6.07) is 2.76. The van der Waals surface area contributed by atoms with Gasteiger partial charge in [-0.25, -0.2) is 0 Å². The van der Waals surface area contributed by atoms with Crippen LogP contribution in [0.5, 0.6) is 0 Å². The van der Waals surface area contributed by atoms with Crippen molar-refractivity contribution in [2.24, 2.45) is 0 Å². The van der Waals surface area contributed by atoms with Gasteiger partial charge in [-0.2, -0.15) is 0 Å². The zero-order valence-electron chi connectivity index (χ0n) is 33.2. The van der Waals surface area contributed by atoms with E-state index in [9.17, 15) is 0 Å². The summed E-state index contributed by atoms with van der Waals surface area (Å²) in [5, 5.41) is 0. The Hall–Kier alpha value is 1.08. The normalized spacial score (nSPS) is 13.8. The SMILES string of the molecule is C=C[Si](OC)(OC)OC.CC.CC.CC.CCC[Si](C)(C)O[Si](CC[Si](C)(C)O[Si](O[SiH2]C)(O[SiH2]C)O[SiH2]C)(OCC)OCC. The molecule has 0 amide bonds. The minimum absolute atomic E-state index is 0.601. The van der Waals surface area contributed by atoms with Gasteiger partial charge in [-0.15, -0.1) is 0 Å². The van der Waals surface area contributed by atoms with Gasteiger partial charge in [0.15, 0.2) is 45.9 Å². The molecular formula is C27H78O10Si8. The van der Waals surface area contributed by atoms with Crippen molar-refractivity contribution in [3.63, 3.8) is 0 Å². The van der Waals surface area contributed by atoms with E-state index in [4.69, 9.17) is 42.7 Å². The quantitative estimate of drug-likeness (QED) is 0.108. The third kappa shape index (κ3) is 26.6. The van der Waals surface area contributed by atoms with Crippen LogP contribution in [-0.2, 0) is 42.7 Å². The lowest BCUT2D eigenvalue weighted by Crippen LogP contribution is -2.58. The second-order valence-electron chi connectivity index (χ2n) is 9.74. The maximum absolute atomic E-state index is 6.75. The minimum Gasteiger partial charge on any atom is -0.416 e. The van der Waals surface area contributed by atoms with E-state index in [-0.39, 0.29) is 0 Å². The van der Waals surface area contributed by atoms with Gasteiger partial charge in [-0.05, 0) is 57.8 Å². The Morgan fingerprint density at radius 1 is 0.578 bits per heavy atom. The van der Waals surface area contributed by atoms with Gasteiger partial charge in [-0.1, -0.05) is 81.1 Å². The first-order valence-electron chi connectivity index (χ1n) is 17.1. The highest BCUT2D eigenvalue weighted by Crippen LogP contribution is 2.31. The smallest absolute Gasteiger partial charge is 0.416 e. The van der Waals surface area contributed by atoms with Crippen LogP contribution < -0.4 is 0 Å². The summed E-state index contributed by atoms with van der Waals surface area (Å²) in [7, 11) is -9.63. The molecule has 10 nitrogen and oxygen atoms in total. The van der Waals surface area contributed by atoms with Crippen molar-refractivity contribution < 1.29 is 42.7 Å². The van der Waals surface area contributed by atoms with Crippen molar-refractivity contribution in [2.75, 3.05) is 34.5 Å². The molecule has 278 valence electrons. The van der Waals surface area contributed by atoms with Crippen LogP contribution in [0.25, 0.3) is 0 Å². The van der Waals surface area contributed by atoms with E-state index in [1.165, 1.54) is 0 Å². The molecule has 0 N–H and O–H groups in total. The van der Waals surface area contributed by atoms with Crippen molar-refractivity contribution in [1.29, 1.82) is 0 Å². The highest BCUT2D eigenvalue weighted by molar-refractivity contribution is 6.84. The summed E-state index contributed by atoms with van der Waals surface area (Å²) in [6.45, 7) is 38.3. The van der Waals surface area contributed by atoms with E-state index in [0.717, 1.165) is 24.6 Å². The molecule has 0 aliphatic heterocycles. The molecule has 0 aromatic heterocycles. The molecule has 0 radical (unpaired) electrons. The molecule has 0 heterocycles. The Morgan fingerprint density at radius 3 is 1.18 bits per heavy atom. The van der Waals surface area contributed by atoms with Gasteiger partial charge < -0.3 is 42.7 Å². The second kappa shape index (κ2) is 33.6. The number of hydrogen-bond acceptors (Lipinski definition) is 10. The molecule has 0 saturated carbocycles. The Morgan fingerprint density at radius 2 is 0.933 bits per heavy atom. The average Bonchev–Trinajstić information content (AvgIpc) is 3.01. The van der Waals surface area contributed by atoms with Crippen molar-refractivity contribution >= 4 is 72.6 Å². The highest BCUT2D eigenvalue weighted by atomic mass is 28.5. The van der Waals surface area contributed by atoms with E-state index < -0.39 is 72.6 Å². The molecule has 0 unspecified atom stereocenters. The van der Waals surface area contributed by atoms with E-state index in [1.54, 1.807) is 27.0 Å². The predicted molar refractivity (Wildman–Crippen MR) is 214 cm³/mol. The standard InChI is InChI=1S/C16H48O7Si7.C5H12O3Si.3C2H6/c1-11-14-27(7,8)22-29(17-12-2,18-13-3)16-15-28(9,10)23-30(19-24-4,20-25-5)21-26-6;1-5-9(6-2,7-3)8-4;3*1-2/h11-16,24-26H2,1-10H3;5H,1H2,2-4H3;3*1-2H3. The van der Waals surface area contributed by atoms with Crippen molar-refractivity contribution in [3.8, 4) is 0 Å². The third-order valence-corrected chi connectivity index (χ3v) is 28.1. The topological polar surface area (TPSA) is 92.3 Å². The average molecular weight is 788 g/mol. The Kier molecular flexibility index (Phi) is 41.4. The molecule has 0 aliphatic rings. The van der Waals surface area contributed by atoms with Gasteiger partial charge in [0.25, 0.3) is 0 Å². The van der Waals surface area contributed by atoms with Crippen LogP contribution in [-0.4, -0.2) is 107 Å². The summed E-state index contributed by atoms with van der Waals surface area (Å²) >= 11 is 0. The first-order valence-corrected chi connectivity index (χ1v) is 34.7. The Balaban J connectivity index is -0.000000297. The lowest BCUT2D eigenvalue weighted by molar-refractivity contribution is 0.114. The lowest BCUT2D eigenvalue weighted by Gasteiger charge is -2.39. The Labute approximate surface area is 293 Å². The van der Waals surface area contributed by atoms with Crippen LogP contribution in [0.2, 0.25) is 64.0 Å². The van der Waals surface area contributed by atoms with Crippen LogP contribution in [0, 0.1) is 0 Å². The van der Waals surface area contributed by atoms with Gasteiger partial charge >= 0.3 is 26.7 Å². The number of rotatable bonds is 23. The van der Waals surface area contributed by atoms with Gasteiger partial charge in [0.2, 0.25) is 0 Å². The molecule has 0 aromatic rings. The van der Waals surface area contributed by atoms with E-state index in [0.29, 0.717) is 13.2 Å². The van der Waals surface area contributed by atoms with Crippen LogP contribution in [0.4, 0.5) is 0 Å². The first kappa shape index (κ1) is 55.5. The molecule has 0 aliphatic carbocycles. The van der Waals surface area contributed by atoms with Gasteiger partial charge in [0, 0.05) is 40.6 Å². The largest absolute Gasteiger partial charge is 0.635 e. The van der Waals surface area contributed by atoms with Gasteiger partial charge in [-0.3, -0.25) is 0 Å². The monoisotopic (exact) mass is 786 g/mol. The van der Waals surface area contributed by atoms with Crippen LogP contribution in [0.3, 0.4) is 0 Å². The first-order chi connectivity index (χ1) is 21.2. The van der Waals surface area contributed by atoms with Gasteiger partial charge in [0.05, 0.1) is 0 Å². The molecule has 0 fully saturated rings. The van der Waals surface area contributed by atoms with Crippen LogP contribution in [0.1, 0.15) is 68.7 Å². The maximum atomic E-state index is 6.75. The molecule has 0 spiro atoms. The Bertz CT molecular complexity index is 603. The molecule has 0 rings (SSSR count). The fourth-order valence-corrected chi connectivity index (χ4v) is 28.5. The lowest BCUT2D eigenvalue weighted by atomic mass is 10.6. The minimum atomic E-state index is -2.98. The fourth-order valence-electron chi connectivity index (χ4n) is 3.90. The van der Waals surface area contributed by atoms with E-state index >= 15 is 0 Å². The summed E-state index contributed by atoms with van der Waals surface area (Å²) in [4.78, 5) is 0. The molecule has 0 saturated heterocycles. The predicted octanol–water partition coefficient (Wildman–Crippen LogP) is 6.40. The molecule has 0 aromatic carbocycles. The van der Waals surface area contributed by atoms with Crippen LogP contribution >= 0.6 is 0 Å². The van der Waals surface area contributed by atoms with E-state index in [1.807, 2.05) is 55.4 Å². The zero-order valence-corrected chi connectivity index (χ0v) is 42.5. The van der Waals surface area contributed by atoms with Gasteiger partial charge in [0.1, 0.15) is 0 Å². The molecule has 45 heavy (non-hydrogen) atoms. The summed E-state index contributed by atoms with van der Waals surface area (Å²) in [6.07, 6.45) is 1.12. The summed E-state index contributed by atoms with van der Waals surface area (Å²) in [5.41, 5.74) is 1.58. The third-order valence-electron chi connectivity index (χ3n) is 5.51. The molecule has 0 bridgehead atoms. The van der Waals surface area contributed by atoms with Crippen molar-refractivity contribution in [1.82, 2.24) is 0 Å². The molecule has 18 heteroatoms. The number of hydrogen-bond donors (Lipinski definition) is 0. The summed E-state index contributed by atoms with van der Waals surface area (Å²) < 4.78 is 59.2. The van der Waals surface area contributed by atoms with Crippen LogP contribution in [0.15, 0.2) is 12.3 Å². The maximum Gasteiger partial charge on any atom is 0.635 e.